The van der Waals surface area contributed by atoms with Gasteiger partial charge < -0.3 is 9.25 Å². The molecule has 2 atom stereocenters. The van der Waals surface area contributed by atoms with E-state index in [9.17, 15) is 4.79 Å². The first-order valence-electron chi connectivity index (χ1n) is 7.89. The lowest BCUT2D eigenvalue weighted by Gasteiger charge is -2.20. The highest BCUT2D eigenvalue weighted by Crippen LogP contribution is 2.32. The van der Waals surface area contributed by atoms with Gasteiger partial charge in [-0.1, -0.05) is 23.2 Å². The first-order valence-corrected chi connectivity index (χ1v) is 7.89. The maximum Gasteiger partial charge on any atom is 0.292 e. The molecular weight excluding hydrogens is 304 g/mol. The minimum absolute atomic E-state index is 0.0289. The Labute approximate surface area is 139 Å². The van der Waals surface area contributed by atoms with Crippen molar-refractivity contribution in [1.29, 1.82) is 0 Å². The van der Waals surface area contributed by atoms with Gasteiger partial charge in [0.25, 0.3) is 5.91 Å². The van der Waals surface area contributed by atoms with Crippen LogP contribution >= 0.6 is 0 Å². The number of hydrogen-bond donors (Lipinski definition) is 0. The molecule has 1 fully saturated rings. The summed E-state index contributed by atoms with van der Waals surface area (Å²) in [6.45, 7) is 2.65. The summed E-state index contributed by atoms with van der Waals surface area (Å²) in [6.07, 6.45) is 1.90. The second kappa shape index (κ2) is 5.89. The summed E-state index contributed by atoms with van der Waals surface area (Å²) < 4.78 is 5.19. The highest BCUT2D eigenvalue weighted by molar-refractivity contribution is 6.04. The Hall–Kier alpha value is -3.00. The first kappa shape index (κ1) is 14.6. The van der Waals surface area contributed by atoms with Crippen molar-refractivity contribution in [2.24, 2.45) is 11.1 Å². The van der Waals surface area contributed by atoms with Crippen molar-refractivity contribution in [1.82, 2.24) is 4.90 Å². The Balaban J connectivity index is 1.50. The van der Waals surface area contributed by atoms with Gasteiger partial charge in [-0.25, -0.2) is 0 Å². The smallest absolute Gasteiger partial charge is 0.292 e. The second-order valence-corrected chi connectivity index (χ2v) is 5.96. The molecule has 4 rings (SSSR count). The van der Waals surface area contributed by atoms with Crippen LogP contribution in [0.5, 0.6) is 0 Å². The third-order valence-electron chi connectivity index (χ3n) is 4.29. The molecule has 0 radical (unpaired) electrons. The number of furan rings is 1. The van der Waals surface area contributed by atoms with E-state index >= 15 is 0 Å². The zero-order valence-corrected chi connectivity index (χ0v) is 13.2. The Kier molecular flexibility index (Phi) is 3.58. The van der Waals surface area contributed by atoms with E-state index in [0.717, 1.165) is 12.0 Å². The van der Waals surface area contributed by atoms with Crippen LogP contribution in [0.4, 0.5) is 0 Å². The van der Waals surface area contributed by atoms with E-state index in [1.54, 1.807) is 17.0 Å². The molecule has 1 saturated heterocycles. The third kappa shape index (κ3) is 2.56. The highest BCUT2D eigenvalue weighted by Gasteiger charge is 2.46. The number of aryl methyl sites for hydroxylation is 1. The number of amides is 1. The molecule has 120 valence electrons. The van der Waals surface area contributed by atoms with Crippen molar-refractivity contribution in [3.05, 3.63) is 59.5 Å². The highest BCUT2D eigenvalue weighted by atomic mass is 16.7. The maximum atomic E-state index is 12.4. The van der Waals surface area contributed by atoms with E-state index in [4.69, 9.17) is 9.25 Å². The van der Waals surface area contributed by atoms with E-state index in [-0.39, 0.29) is 18.1 Å². The molecule has 0 bridgehead atoms. The van der Waals surface area contributed by atoms with Gasteiger partial charge in [-0.2, -0.15) is 0 Å². The molecular formula is C19H16N2O3. The molecule has 0 N–H and O–H groups in total. The lowest BCUT2D eigenvalue weighted by molar-refractivity contribution is -0.0186. The topological polar surface area (TPSA) is 55.0 Å². The quantitative estimate of drug-likeness (QED) is 0.759. The summed E-state index contributed by atoms with van der Waals surface area (Å²) in [5.41, 5.74) is 2.82. The Morgan fingerprint density at radius 1 is 1.29 bits per heavy atom. The van der Waals surface area contributed by atoms with Crippen LogP contribution in [0, 0.1) is 24.7 Å². The molecule has 0 spiro atoms. The van der Waals surface area contributed by atoms with E-state index in [1.165, 1.54) is 11.8 Å². The van der Waals surface area contributed by atoms with Gasteiger partial charge in [-0.05, 0) is 49.1 Å². The molecule has 1 amide bonds. The summed E-state index contributed by atoms with van der Waals surface area (Å²) in [6, 6.07) is 11.4. The molecule has 2 aliphatic rings. The van der Waals surface area contributed by atoms with Gasteiger partial charge in [0.15, 0.2) is 5.76 Å². The number of oxime groups is 1. The van der Waals surface area contributed by atoms with Crippen LogP contribution in [0.1, 0.15) is 28.1 Å². The summed E-state index contributed by atoms with van der Waals surface area (Å²) in [5.74, 6) is 6.41. The Bertz CT molecular complexity index is 858. The fourth-order valence-electron chi connectivity index (χ4n) is 3.08. The molecule has 0 saturated carbocycles. The van der Waals surface area contributed by atoms with Gasteiger partial charge in [-0.3, -0.25) is 9.69 Å². The number of carbonyl (C=O) groups excluding carboxylic acids is 1. The molecule has 2 aliphatic heterocycles. The van der Waals surface area contributed by atoms with Crippen molar-refractivity contribution in [3.63, 3.8) is 0 Å². The standard InChI is InChI=1S/C19H16N2O3/c1-13-4-2-5-14(12-13)7-8-16-15-9-10-21(19(15)24-20-16)18(22)17-6-3-11-23-17/h2-6,11-12,15,19H,9-10H2,1H3. The fourth-order valence-corrected chi connectivity index (χ4v) is 3.08. The van der Waals surface area contributed by atoms with Gasteiger partial charge in [-0.15, -0.1) is 0 Å². The molecule has 1 aromatic heterocycles. The van der Waals surface area contributed by atoms with Crippen LogP contribution in [0.25, 0.3) is 0 Å². The summed E-state index contributed by atoms with van der Waals surface area (Å²) in [4.78, 5) is 19.6. The number of carbonyl (C=O) groups is 1. The normalized spacial score (nSPS) is 21.5. The first-order chi connectivity index (χ1) is 11.7. The third-order valence-corrected chi connectivity index (χ3v) is 4.29. The monoisotopic (exact) mass is 320 g/mol. The van der Waals surface area contributed by atoms with Crippen LogP contribution in [0.2, 0.25) is 0 Å². The predicted octanol–water partition coefficient (Wildman–Crippen LogP) is 2.81. The minimum Gasteiger partial charge on any atom is -0.459 e. The van der Waals surface area contributed by atoms with E-state index < -0.39 is 0 Å². The number of benzene rings is 1. The number of hydrogen-bond acceptors (Lipinski definition) is 4. The van der Waals surface area contributed by atoms with Gasteiger partial charge >= 0.3 is 0 Å². The molecule has 0 aliphatic carbocycles. The average Bonchev–Trinajstić information content (AvgIpc) is 3.30. The van der Waals surface area contributed by atoms with Crippen molar-refractivity contribution in [2.75, 3.05) is 6.54 Å². The van der Waals surface area contributed by atoms with Gasteiger partial charge in [0.1, 0.15) is 5.71 Å². The van der Waals surface area contributed by atoms with E-state index in [0.29, 0.717) is 18.0 Å². The van der Waals surface area contributed by atoms with Crippen molar-refractivity contribution < 1.29 is 14.0 Å². The van der Waals surface area contributed by atoms with Crippen molar-refractivity contribution in [2.45, 2.75) is 19.6 Å². The Morgan fingerprint density at radius 3 is 3.00 bits per heavy atom. The summed E-state index contributed by atoms with van der Waals surface area (Å²) in [7, 11) is 0. The predicted molar refractivity (Wildman–Crippen MR) is 88.2 cm³/mol. The van der Waals surface area contributed by atoms with Crippen LogP contribution in [-0.4, -0.2) is 29.3 Å². The van der Waals surface area contributed by atoms with Crippen LogP contribution in [-0.2, 0) is 4.84 Å². The van der Waals surface area contributed by atoms with Crippen LogP contribution < -0.4 is 0 Å². The number of likely N-dealkylation sites (tertiary alicyclic amines) is 1. The fraction of sp³-hybridized carbons (Fsp3) is 0.263. The number of nitrogens with zero attached hydrogens (tertiary/aromatic N) is 2. The number of fused-ring (bicyclic) bond motifs is 1. The van der Waals surface area contributed by atoms with Gasteiger partial charge in [0, 0.05) is 12.1 Å². The molecule has 1 aromatic carbocycles. The minimum atomic E-state index is -0.385. The molecule has 5 nitrogen and oxygen atoms in total. The lowest BCUT2D eigenvalue weighted by Crippen LogP contribution is -2.37. The second-order valence-electron chi connectivity index (χ2n) is 5.96. The average molecular weight is 320 g/mol. The van der Waals surface area contributed by atoms with Crippen molar-refractivity contribution >= 4 is 11.6 Å². The Morgan fingerprint density at radius 2 is 2.21 bits per heavy atom. The molecule has 5 heteroatoms. The molecule has 3 heterocycles. The SMILES string of the molecule is Cc1cccc(C#CC2=NOC3C2CCN3C(=O)c2ccco2)c1. The molecule has 24 heavy (non-hydrogen) atoms. The lowest BCUT2D eigenvalue weighted by atomic mass is 10.0. The van der Waals surface area contributed by atoms with E-state index in [1.807, 2.05) is 31.2 Å². The van der Waals surface area contributed by atoms with E-state index in [2.05, 4.69) is 17.0 Å². The summed E-state index contributed by atoms with van der Waals surface area (Å²) in [5, 5.41) is 4.09. The summed E-state index contributed by atoms with van der Waals surface area (Å²) >= 11 is 0. The van der Waals surface area contributed by atoms with Gasteiger partial charge in [0.05, 0.1) is 12.2 Å². The maximum absolute atomic E-state index is 12.4. The number of rotatable bonds is 1. The zero-order chi connectivity index (χ0) is 16.5. The van der Waals surface area contributed by atoms with Crippen molar-refractivity contribution in [3.8, 4) is 11.8 Å². The molecule has 2 unspecified atom stereocenters. The van der Waals surface area contributed by atoms with Gasteiger partial charge in [0.2, 0.25) is 6.23 Å². The van der Waals surface area contributed by atoms with Crippen LogP contribution in [0.15, 0.2) is 52.2 Å². The van der Waals surface area contributed by atoms with Crippen LogP contribution in [0.3, 0.4) is 0 Å². The molecule has 2 aromatic rings. The zero-order valence-electron chi connectivity index (χ0n) is 13.2. The largest absolute Gasteiger partial charge is 0.459 e.